The van der Waals surface area contributed by atoms with Gasteiger partial charge in [0.05, 0.1) is 16.7 Å². The van der Waals surface area contributed by atoms with Crippen molar-refractivity contribution in [1.82, 2.24) is 9.97 Å². The van der Waals surface area contributed by atoms with Crippen LogP contribution in [-0.2, 0) is 11.8 Å². The highest BCUT2D eigenvalue weighted by atomic mass is 14.8. The van der Waals surface area contributed by atoms with Gasteiger partial charge in [0.15, 0.2) is 0 Å². The van der Waals surface area contributed by atoms with Gasteiger partial charge in [0.25, 0.3) is 0 Å². The van der Waals surface area contributed by atoms with Gasteiger partial charge in [0.1, 0.15) is 0 Å². The summed E-state index contributed by atoms with van der Waals surface area (Å²) >= 11 is 0. The van der Waals surface area contributed by atoms with E-state index in [1.54, 1.807) is 0 Å². The van der Waals surface area contributed by atoms with Crippen molar-refractivity contribution in [2.24, 2.45) is 11.3 Å². The zero-order valence-corrected chi connectivity index (χ0v) is 13.4. The second-order valence-electron chi connectivity index (χ2n) is 7.87. The first kappa shape index (κ1) is 12.6. The fourth-order valence-electron chi connectivity index (χ4n) is 4.78. The number of rotatable bonds is 0. The lowest BCUT2D eigenvalue weighted by Crippen LogP contribution is -2.60. The molecule has 2 heteroatoms. The molecule has 0 aliphatic heterocycles. The highest BCUT2D eigenvalue weighted by molar-refractivity contribution is 6.02. The zero-order chi connectivity index (χ0) is 15.1. The van der Waals surface area contributed by atoms with Gasteiger partial charge in [-0.2, -0.15) is 0 Å². The van der Waals surface area contributed by atoms with Crippen molar-refractivity contribution in [3.8, 4) is 0 Å². The third-order valence-corrected chi connectivity index (χ3v) is 6.72. The molecule has 3 aliphatic carbocycles. The fraction of sp³-hybridized carbons (Fsp3) is 0.400. The van der Waals surface area contributed by atoms with Gasteiger partial charge < -0.3 is 0 Å². The summed E-state index contributed by atoms with van der Waals surface area (Å²) in [6.45, 7) is 7.23. The molecule has 0 radical (unpaired) electrons. The summed E-state index contributed by atoms with van der Waals surface area (Å²) in [5, 5.41) is 2.40. The van der Waals surface area contributed by atoms with Crippen molar-refractivity contribution in [2.75, 3.05) is 0 Å². The van der Waals surface area contributed by atoms with Gasteiger partial charge in [-0.15, -0.1) is 0 Å². The van der Waals surface area contributed by atoms with Crippen LogP contribution >= 0.6 is 0 Å². The van der Waals surface area contributed by atoms with Gasteiger partial charge in [0, 0.05) is 22.4 Å². The molecule has 0 N–H and O–H groups in total. The molecule has 0 amide bonds. The Morgan fingerprint density at radius 3 is 2.68 bits per heavy atom. The van der Waals surface area contributed by atoms with Gasteiger partial charge in [-0.1, -0.05) is 39.0 Å². The quantitative estimate of drug-likeness (QED) is 0.563. The Bertz CT molecular complexity index is 941. The van der Waals surface area contributed by atoms with Gasteiger partial charge in [-0.25, -0.2) is 4.98 Å². The maximum Gasteiger partial charge on any atom is 0.0968 e. The predicted octanol–water partition coefficient (Wildman–Crippen LogP) is 4.64. The van der Waals surface area contributed by atoms with E-state index in [1.165, 1.54) is 34.9 Å². The van der Waals surface area contributed by atoms with Crippen LogP contribution in [0.15, 0.2) is 36.5 Å². The first-order valence-corrected chi connectivity index (χ1v) is 8.18. The van der Waals surface area contributed by atoms with E-state index in [0.29, 0.717) is 5.41 Å². The number of hydrogen-bond acceptors (Lipinski definition) is 2. The number of benzene rings is 1. The van der Waals surface area contributed by atoms with Crippen LogP contribution < -0.4 is 0 Å². The summed E-state index contributed by atoms with van der Waals surface area (Å²) in [5.41, 5.74) is 5.46. The van der Waals surface area contributed by atoms with E-state index in [-0.39, 0.29) is 5.41 Å². The summed E-state index contributed by atoms with van der Waals surface area (Å²) in [6, 6.07) is 10.8. The Morgan fingerprint density at radius 2 is 1.86 bits per heavy atom. The molecule has 3 aliphatic rings. The Kier molecular flexibility index (Phi) is 2.10. The number of aromatic nitrogens is 2. The minimum absolute atomic E-state index is 0.219. The van der Waals surface area contributed by atoms with Gasteiger partial charge in [-0.05, 0) is 41.9 Å². The molecule has 22 heavy (non-hydrogen) atoms. The molecule has 2 aromatic heterocycles. The first-order chi connectivity index (χ1) is 10.5. The van der Waals surface area contributed by atoms with Crippen molar-refractivity contribution in [2.45, 2.75) is 39.0 Å². The van der Waals surface area contributed by atoms with Crippen LogP contribution in [0.5, 0.6) is 0 Å². The molecular formula is C20H20N2. The van der Waals surface area contributed by atoms with Gasteiger partial charge in [0.2, 0.25) is 0 Å². The Morgan fingerprint density at radius 1 is 1.05 bits per heavy atom. The van der Waals surface area contributed by atoms with Crippen molar-refractivity contribution in [3.05, 3.63) is 47.8 Å². The minimum atomic E-state index is 0.219. The molecule has 6 rings (SSSR count). The normalized spacial score (nSPS) is 28.4. The summed E-state index contributed by atoms with van der Waals surface area (Å²) in [6.07, 6.45) is 4.33. The average molecular weight is 288 g/mol. The highest BCUT2D eigenvalue weighted by Crippen LogP contribution is 2.65. The number of hydrogen-bond donors (Lipinski definition) is 0. The van der Waals surface area contributed by atoms with Crippen molar-refractivity contribution < 1.29 is 0 Å². The molecule has 2 atom stereocenters. The molecule has 1 saturated carbocycles. The second-order valence-corrected chi connectivity index (χ2v) is 7.87. The van der Waals surface area contributed by atoms with Gasteiger partial charge in [-0.3, -0.25) is 4.98 Å². The minimum Gasteiger partial charge on any atom is -0.254 e. The zero-order valence-electron chi connectivity index (χ0n) is 13.4. The second kappa shape index (κ2) is 3.68. The van der Waals surface area contributed by atoms with Crippen LogP contribution in [0.1, 0.15) is 38.4 Å². The Hall–Kier alpha value is -1.96. The largest absolute Gasteiger partial charge is 0.254 e. The fourth-order valence-corrected chi connectivity index (χ4v) is 4.78. The van der Waals surface area contributed by atoms with Crippen LogP contribution in [0.3, 0.4) is 0 Å². The standard InChI is InChI=1S/C20H20N2/c1-19(2)15-10-14-9-13-7-6-12-5-4-8-21-16(12)17(13)22-18(14)20(19,3)11-15/h4-9,15H,10-11H2,1-3H3/t15-,20-/m0/s1. The lowest BCUT2D eigenvalue weighted by Gasteiger charge is -2.64. The number of nitrogens with zero attached hydrogens (tertiary/aromatic N) is 2. The molecule has 0 unspecified atom stereocenters. The molecule has 0 spiro atoms. The highest BCUT2D eigenvalue weighted by Gasteiger charge is 2.61. The average Bonchev–Trinajstić information content (AvgIpc) is 2.53. The van der Waals surface area contributed by atoms with E-state index >= 15 is 0 Å². The van der Waals surface area contributed by atoms with Crippen molar-refractivity contribution in [1.29, 1.82) is 0 Å². The predicted molar refractivity (Wildman–Crippen MR) is 90.0 cm³/mol. The van der Waals surface area contributed by atoms with Crippen LogP contribution in [0, 0.1) is 11.3 Å². The van der Waals surface area contributed by atoms with E-state index in [4.69, 9.17) is 4.98 Å². The third-order valence-electron chi connectivity index (χ3n) is 6.72. The molecule has 0 saturated heterocycles. The molecule has 2 bridgehead atoms. The van der Waals surface area contributed by atoms with E-state index in [1.807, 2.05) is 12.3 Å². The lowest BCUT2D eigenvalue weighted by molar-refractivity contribution is -0.0608. The summed E-state index contributed by atoms with van der Waals surface area (Å²) < 4.78 is 0. The van der Waals surface area contributed by atoms with Crippen LogP contribution in [0.2, 0.25) is 0 Å². The molecular weight excluding hydrogens is 268 g/mol. The SMILES string of the molecule is CC1(C)[C@H]2Cc3cc4ccc5cccnc5c4nc3[C@]1(C)C2. The first-order valence-electron chi connectivity index (χ1n) is 8.18. The smallest absolute Gasteiger partial charge is 0.0968 e. The Labute approximate surface area is 130 Å². The van der Waals surface area contributed by atoms with Crippen LogP contribution in [0.25, 0.3) is 21.8 Å². The monoisotopic (exact) mass is 288 g/mol. The number of pyridine rings is 2. The van der Waals surface area contributed by atoms with E-state index < -0.39 is 0 Å². The lowest BCUT2D eigenvalue weighted by atomic mass is 9.40. The summed E-state index contributed by atoms with van der Waals surface area (Å²) in [7, 11) is 0. The summed E-state index contributed by atoms with van der Waals surface area (Å²) in [4.78, 5) is 9.76. The topological polar surface area (TPSA) is 25.8 Å². The molecule has 2 heterocycles. The van der Waals surface area contributed by atoms with Crippen molar-refractivity contribution >= 4 is 21.8 Å². The van der Waals surface area contributed by atoms with Crippen molar-refractivity contribution in [3.63, 3.8) is 0 Å². The summed E-state index contributed by atoms with van der Waals surface area (Å²) in [5.74, 6) is 0.808. The maximum atomic E-state index is 5.17. The van der Waals surface area contributed by atoms with E-state index in [0.717, 1.165) is 17.0 Å². The Balaban J connectivity index is 1.88. The number of fused-ring (bicyclic) bond motifs is 3. The van der Waals surface area contributed by atoms with Crippen LogP contribution in [0.4, 0.5) is 0 Å². The van der Waals surface area contributed by atoms with Crippen LogP contribution in [-0.4, -0.2) is 9.97 Å². The molecule has 1 fully saturated rings. The van der Waals surface area contributed by atoms with E-state index in [9.17, 15) is 0 Å². The van der Waals surface area contributed by atoms with E-state index in [2.05, 4.69) is 50.0 Å². The van der Waals surface area contributed by atoms with Gasteiger partial charge >= 0.3 is 0 Å². The molecule has 1 aromatic carbocycles. The third kappa shape index (κ3) is 1.28. The maximum absolute atomic E-state index is 5.17. The molecule has 3 aromatic rings. The molecule has 2 nitrogen and oxygen atoms in total. The molecule has 110 valence electrons.